The van der Waals surface area contributed by atoms with E-state index in [2.05, 4.69) is 5.32 Å². The highest BCUT2D eigenvalue weighted by molar-refractivity contribution is 5.98. The SMILES string of the molecule is CCN(C(=O)C(C)Nc1ccccc1)c1ccccc1. The summed E-state index contributed by atoms with van der Waals surface area (Å²) in [7, 11) is 0. The van der Waals surface area contributed by atoms with Crippen LogP contribution in [0.4, 0.5) is 11.4 Å². The maximum absolute atomic E-state index is 12.5. The molecule has 0 radical (unpaired) electrons. The number of hydrogen-bond donors (Lipinski definition) is 1. The molecule has 0 fully saturated rings. The second-order valence-corrected chi connectivity index (χ2v) is 4.65. The lowest BCUT2D eigenvalue weighted by Gasteiger charge is -2.25. The summed E-state index contributed by atoms with van der Waals surface area (Å²) >= 11 is 0. The number of para-hydroxylation sites is 2. The first kappa shape index (κ1) is 14.1. The number of hydrogen-bond acceptors (Lipinski definition) is 2. The number of likely N-dealkylation sites (N-methyl/N-ethyl adjacent to an activating group) is 1. The molecule has 3 nitrogen and oxygen atoms in total. The first-order valence-electron chi connectivity index (χ1n) is 6.90. The van der Waals surface area contributed by atoms with E-state index < -0.39 is 0 Å². The van der Waals surface area contributed by atoms with E-state index in [-0.39, 0.29) is 11.9 Å². The summed E-state index contributed by atoms with van der Waals surface area (Å²) in [5, 5.41) is 3.23. The summed E-state index contributed by atoms with van der Waals surface area (Å²) < 4.78 is 0. The highest BCUT2D eigenvalue weighted by Gasteiger charge is 2.20. The van der Waals surface area contributed by atoms with Crippen molar-refractivity contribution in [3.05, 3.63) is 60.7 Å². The number of nitrogens with one attached hydrogen (secondary N) is 1. The van der Waals surface area contributed by atoms with Crippen molar-refractivity contribution in [2.45, 2.75) is 19.9 Å². The highest BCUT2D eigenvalue weighted by Crippen LogP contribution is 2.16. The van der Waals surface area contributed by atoms with E-state index in [1.54, 1.807) is 4.90 Å². The molecule has 3 heteroatoms. The second-order valence-electron chi connectivity index (χ2n) is 4.65. The number of carbonyl (C=O) groups excluding carboxylic acids is 1. The van der Waals surface area contributed by atoms with E-state index in [1.807, 2.05) is 74.5 Å². The van der Waals surface area contributed by atoms with Gasteiger partial charge in [-0.05, 0) is 38.1 Å². The molecule has 0 bridgehead atoms. The van der Waals surface area contributed by atoms with Crippen LogP contribution in [-0.4, -0.2) is 18.5 Å². The van der Waals surface area contributed by atoms with Crippen LogP contribution in [0.5, 0.6) is 0 Å². The molecule has 0 saturated heterocycles. The molecule has 1 atom stereocenters. The van der Waals surface area contributed by atoms with E-state index in [0.717, 1.165) is 11.4 Å². The van der Waals surface area contributed by atoms with Gasteiger partial charge in [0.2, 0.25) is 5.91 Å². The molecule has 20 heavy (non-hydrogen) atoms. The fourth-order valence-electron chi connectivity index (χ4n) is 2.15. The van der Waals surface area contributed by atoms with Gasteiger partial charge in [-0.25, -0.2) is 0 Å². The lowest BCUT2D eigenvalue weighted by atomic mass is 10.2. The third kappa shape index (κ3) is 3.38. The summed E-state index contributed by atoms with van der Waals surface area (Å²) in [5.74, 6) is 0.0718. The Kier molecular flexibility index (Phi) is 4.77. The average Bonchev–Trinajstić information content (AvgIpc) is 2.50. The minimum atomic E-state index is -0.266. The van der Waals surface area contributed by atoms with Crippen molar-refractivity contribution in [3.63, 3.8) is 0 Å². The number of carbonyl (C=O) groups is 1. The van der Waals surface area contributed by atoms with E-state index in [4.69, 9.17) is 0 Å². The fourth-order valence-corrected chi connectivity index (χ4v) is 2.15. The lowest BCUT2D eigenvalue weighted by Crippen LogP contribution is -2.41. The Morgan fingerprint density at radius 3 is 2.15 bits per heavy atom. The molecule has 0 aliphatic carbocycles. The van der Waals surface area contributed by atoms with Crippen molar-refractivity contribution in [2.24, 2.45) is 0 Å². The van der Waals surface area contributed by atoms with Crippen molar-refractivity contribution >= 4 is 17.3 Å². The second kappa shape index (κ2) is 6.75. The van der Waals surface area contributed by atoms with E-state index >= 15 is 0 Å². The Morgan fingerprint density at radius 1 is 1.05 bits per heavy atom. The number of benzene rings is 2. The van der Waals surface area contributed by atoms with Gasteiger partial charge in [-0.15, -0.1) is 0 Å². The summed E-state index contributed by atoms with van der Waals surface area (Å²) in [6, 6.07) is 19.3. The van der Waals surface area contributed by atoms with Crippen LogP contribution in [0.15, 0.2) is 60.7 Å². The van der Waals surface area contributed by atoms with Crippen molar-refractivity contribution in [3.8, 4) is 0 Å². The monoisotopic (exact) mass is 268 g/mol. The number of anilines is 2. The third-order valence-corrected chi connectivity index (χ3v) is 3.18. The summed E-state index contributed by atoms with van der Waals surface area (Å²) in [5.41, 5.74) is 1.89. The zero-order valence-electron chi connectivity index (χ0n) is 11.9. The van der Waals surface area contributed by atoms with Gasteiger partial charge in [0.15, 0.2) is 0 Å². The van der Waals surface area contributed by atoms with Crippen molar-refractivity contribution in [1.29, 1.82) is 0 Å². The first-order chi connectivity index (χ1) is 9.72. The van der Waals surface area contributed by atoms with E-state index in [9.17, 15) is 4.79 Å². The first-order valence-corrected chi connectivity index (χ1v) is 6.90. The van der Waals surface area contributed by atoms with Gasteiger partial charge in [0.25, 0.3) is 0 Å². The normalized spacial score (nSPS) is 11.7. The zero-order valence-corrected chi connectivity index (χ0v) is 11.9. The van der Waals surface area contributed by atoms with E-state index in [0.29, 0.717) is 6.54 Å². The molecule has 0 aliphatic heterocycles. The molecule has 1 unspecified atom stereocenters. The van der Waals surface area contributed by atoms with Crippen LogP contribution in [0.1, 0.15) is 13.8 Å². The van der Waals surface area contributed by atoms with Crippen LogP contribution in [0.2, 0.25) is 0 Å². The Morgan fingerprint density at radius 2 is 1.60 bits per heavy atom. The molecule has 0 aromatic heterocycles. The van der Waals surface area contributed by atoms with Crippen molar-refractivity contribution in [2.75, 3.05) is 16.8 Å². The predicted molar refractivity (Wildman–Crippen MR) is 84.0 cm³/mol. The molecule has 2 aromatic rings. The molecule has 2 aromatic carbocycles. The van der Waals surface area contributed by atoms with Crippen LogP contribution in [-0.2, 0) is 4.79 Å². The van der Waals surface area contributed by atoms with Gasteiger partial charge in [0.1, 0.15) is 6.04 Å². The van der Waals surface area contributed by atoms with Gasteiger partial charge in [-0.3, -0.25) is 4.79 Å². The average molecular weight is 268 g/mol. The van der Waals surface area contributed by atoms with Gasteiger partial charge >= 0.3 is 0 Å². The van der Waals surface area contributed by atoms with Crippen LogP contribution >= 0.6 is 0 Å². The molecular formula is C17H20N2O. The Bertz CT molecular complexity index is 539. The quantitative estimate of drug-likeness (QED) is 0.899. The molecule has 2 rings (SSSR count). The molecule has 104 valence electrons. The van der Waals surface area contributed by atoms with Gasteiger partial charge in [-0.2, -0.15) is 0 Å². The minimum absolute atomic E-state index is 0.0718. The summed E-state index contributed by atoms with van der Waals surface area (Å²) in [4.78, 5) is 14.3. The van der Waals surface area contributed by atoms with Crippen molar-refractivity contribution in [1.82, 2.24) is 0 Å². The zero-order chi connectivity index (χ0) is 14.4. The fraction of sp³-hybridized carbons (Fsp3) is 0.235. The van der Waals surface area contributed by atoms with E-state index in [1.165, 1.54) is 0 Å². The molecule has 1 amide bonds. The maximum Gasteiger partial charge on any atom is 0.249 e. The van der Waals surface area contributed by atoms with Crippen LogP contribution in [0.3, 0.4) is 0 Å². The predicted octanol–water partition coefficient (Wildman–Crippen LogP) is 3.54. The maximum atomic E-state index is 12.5. The highest BCUT2D eigenvalue weighted by atomic mass is 16.2. The van der Waals surface area contributed by atoms with Crippen molar-refractivity contribution < 1.29 is 4.79 Å². The smallest absolute Gasteiger partial charge is 0.249 e. The van der Waals surface area contributed by atoms with Gasteiger partial charge in [0.05, 0.1) is 0 Å². The van der Waals surface area contributed by atoms with Crippen LogP contribution in [0.25, 0.3) is 0 Å². The molecule has 0 saturated carbocycles. The number of amides is 1. The van der Waals surface area contributed by atoms with Gasteiger partial charge in [-0.1, -0.05) is 36.4 Å². The summed E-state index contributed by atoms with van der Waals surface area (Å²) in [6.07, 6.45) is 0. The molecule has 0 heterocycles. The largest absolute Gasteiger partial charge is 0.374 e. The lowest BCUT2D eigenvalue weighted by molar-refractivity contribution is -0.119. The number of rotatable bonds is 5. The Hall–Kier alpha value is -2.29. The summed E-state index contributed by atoms with van der Waals surface area (Å²) in [6.45, 7) is 4.53. The minimum Gasteiger partial charge on any atom is -0.374 e. The molecular weight excluding hydrogens is 248 g/mol. The Labute approximate surface area is 120 Å². The molecule has 0 spiro atoms. The number of nitrogens with zero attached hydrogens (tertiary/aromatic N) is 1. The molecule has 1 N–H and O–H groups in total. The van der Waals surface area contributed by atoms with Gasteiger partial charge in [0, 0.05) is 17.9 Å². The van der Waals surface area contributed by atoms with Gasteiger partial charge < -0.3 is 10.2 Å². The third-order valence-electron chi connectivity index (χ3n) is 3.18. The standard InChI is InChI=1S/C17H20N2O/c1-3-19(16-12-8-5-9-13-16)17(20)14(2)18-15-10-6-4-7-11-15/h4-14,18H,3H2,1-2H3. The molecule has 0 aliphatic rings. The Balaban J connectivity index is 2.09. The van der Waals surface area contributed by atoms with Crippen LogP contribution in [0, 0.1) is 0 Å². The van der Waals surface area contributed by atoms with Crippen LogP contribution < -0.4 is 10.2 Å². The topological polar surface area (TPSA) is 32.3 Å².